The monoisotopic (exact) mass is 862 g/mol. The fraction of sp³-hybridized carbons (Fsp3) is 0.300. The van der Waals surface area contributed by atoms with Gasteiger partial charge >= 0.3 is 0 Å². The van der Waals surface area contributed by atoms with Gasteiger partial charge in [0.2, 0.25) is 0 Å². The quantitative estimate of drug-likeness (QED) is 0.181. The predicted molar refractivity (Wildman–Crippen MR) is 272 cm³/mol. The first-order valence-electron chi connectivity index (χ1n) is 30.3. The number of aromatic hydroxyl groups is 1. The van der Waals surface area contributed by atoms with E-state index in [1.807, 2.05) is 126 Å². The van der Waals surface area contributed by atoms with E-state index in [4.69, 9.17) is 34.6 Å². The molecule has 1 N–H and O–H groups in total. The molecule has 326 valence electrons. The molecule has 0 saturated heterocycles. The lowest BCUT2D eigenvalue weighted by atomic mass is 9.78. The molecule has 0 aliphatic carbocycles. The van der Waals surface area contributed by atoms with E-state index >= 15 is 0 Å². The van der Waals surface area contributed by atoms with Crippen molar-refractivity contribution in [1.82, 2.24) is 14.5 Å². The van der Waals surface area contributed by atoms with Crippen LogP contribution >= 0.6 is 0 Å². The Bertz CT molecular complexity index is 3650. The molecule has 4 nitrogen and oxygen atoms in total. The molecule has 2 heterocycles. The molecule has 0 aliphatic rings. The van der Waals surface area contributed by atoms with Crippen molar-refractivity contribution in [2.75, 3.05) is 0 Å². The highest BCUT2D eigenvalue weighted by atomic mass is 16.3. The fourth-order valence-electron chi connectivity index (χ4n) is 8.64. The highest BCUT2D eigenvalue weighted by molar-refractivity contribution is 5.97. The third-order valence-corrected chi connectivity index (χ3v) is 12.0. The van der Waals surface area contributed by atoms with E-state index in [9.17, 15) is 5.11 Å². The average Bonchev–Trinajstić information content (AvgIpc) is 0.861. The molecule has 0 amide bonds. The van der Waals surface area contributed by atoms with Crippen LogP contribution in [0.5, 0.6) is 5.75 Å². The number of para-hydroxylation sites is 1. The number of imidazole rings is 1. The van der Waals surface area contributed by atoms with Crippen LogP contribution in [0.1, 0.15) is 141 Å². The number of phenolic OH excluding ortho intramolecular Hbond substituents is 1. The lowest BCUT2D eigenvalue weighted by Gasteiger charge is -2.28. The van der Waals surface area contributed by atoms with Gasteiger partial charge in [-0.15, -0.1) is 0 Å². The van der Waals surface area contributed by atoms with Gasteiger partial charge in [-0.05, 0) is 128 Å². The minimum atomic E-state index is -4.13. The number of phenols is 1. The molecule has 4 heteroatoms. The van der Waals surface area contributed by atoms with Gasteiger partial charge in [0.25, 0.3) is 0 Å². The third kappa shape index (κ3) is 8.31. The highest BCUT2D eigenvalue weighted by Gasteiger charge is 2.31. The van der Waals surface area contributed by atoms with Gasteiger partial charge in [0, 0.05) is 47.6 Å². The van der Waals surface area contributed by atoms with Crippen LogP contribution in [0.4, 0.5) is 0 Å². The van der Waals surface area contributed by atoms with Crippen molar-refractivity contribution in [1.29, 1.82) is 0 Å². The Morgan fingerprint density at radius 3 is 1.81 bits per heavy atom. The Hall–Kier alpha value is -6.26. The lowest BCUT2D eigenvalue weighted by Crippen LogP contribution is -2.18. The Labute approximate surface area is 407 Å². The van der Waals surface area contributed by atoms with Crippen LogP contribution in [-0.2, 0) is 21.7 Å². The van der Waals surface area contributed by atoms with E-state index in [2.05, 4.69) is 26.8 Å². The zero-order valence-electron chi connectivity index (χ0n) is 55.5. The van der Waals surface area contributed by atoms with Gasteiger partial charge < -0.3 is 5.11 Å². The van der Waals surface area contributed by atoms with Crippen LogP contribution in [0, 0.1) is 13.8 Å². The largest absolute Gasteiger partial charge is 0.507 e. The molecule has 0 radical (unpaired) electrons. The van der Waals surface area contributed by atoms with Crippen molar-refractivity contribution in [3.63, 3.8) is 0 Å². The smallest absolute Gasteiger partial charge is 0.149 e. The van der Waals surface area contributed by atoms with Crippen molar-refractivity contribution in [3.8, 4) is 67.5 Å². The summed E-state index contributed by atoms with van der Waals surface area (Å²) in [7, 11) is 0. The van der Waals surface area contributed by atoms with E-state index in [0.717, 1.165) is 50.6 Å². The molecule has 8 rings (SSSR count). The van der Waals surface area contributed by atoms with Crippen molar-refractivity contribution in [2.45, 2.75) is 118 Å². The standard InChI is InChI=1S/C60H65N3O/c1-37-36-61-53(38(2)52(37)40-24-19-16-20-25-40)43-30-42(31-44(32-43)57(3,4)5)46-26-21-27-51-54(46)62-56(47-34-45(58(6,7)8)35-49(55(47)64)60(12,13)14)63(51)50-29-28-41(33-48(50)59(9,10)11)39-22-17-15-18-23-39/h15-36,64H,1-14H3/i6D3,7D3,8D3,12D3,13D3,14D3. The summed E-state index contributed by atoms with van der Waals surface area (Å²) in [5, 5.41) is 13.1. The number of hydrogen-bond acceptors (Lipinski definition) is 3. The number of rotatable bonds is 6. The van der Waals surface area contributed by atoms with Gasteiger partial charge in [-0.2, -0.15) is 0 Å². The Morgan fingerprint density at radius 1 is 0.531 bits per heavy atom. The van der Waals surface area contributed by atoms with E-state index in [-0.39, 0.29) is 11.3 Å². The molecule has 8 aromatic rings. The van der Waals surface area contributed by atoms with Crippen molar-refractivity contribution in [2.24, 2.45) is 0 Å². The van der Waals surface area contributed by atoms with Crippen molar-refractivity contribution >= 4 is 11.0 Å². The summed E-state index contributed by atoms with van der Waals surface area (Å²) in [6.07, 6.45) is 1.83. The zero-order chi connectivity index (χ0) is 61.1. The van der Waals surface area contributed by atoms with E-state index < -0.39 is 85.2 Å². The number of nitrogens with zero attached hydrogens (tertiary/aromatic N) is 3. The van der Waals surface area contributed by atoms with Crippen LogP contribution in [-0.4, -0.2) is 19.6 Å². The second-order valence-electron chi connectivity index (χ2n) is 18.9. The van der Waals surface area contributed by atoms with Crippen LogP contribution in [0.25, 0.3) is 72.7 Å². The molecule has 6 aromatic carbocycles. The van der Waals surface area contributed by atoms with E-state index in [1.54, 1.807) is 28.8 Å². The lowest BCUT2D eigenvalue weighted by molar-refractivity contribution is 0.446. The molecular weight excluding hydrogens is 779 g/mol. The molecule has 64 heavy (non-hydrogen) atoms. The average molecular weight is 862 g/mol. The Kier molecular flexibility index (Phi) is 6.82. The van der Waals surface area contributed by atoms with E-state index in [0.29, 0.717) is 39.7 Å². The minimum Gasteiger partial charge on any atom is -0.507 e. The molecule has 0 spiro atoms. The number of fused-ring (bicyclic) bond motifs is 1. The summed E-state index contributed by atoms with van der Waals surface area (Å²) < 4.78 is 160. The summed E-state index contributed by atoms with van der Waals surface area (Å²) in [5.41, 5.74) is -2.28. The normalized spacial score (nSPS) is 17.9. The summed E-state index contributed by atoms with van der Waals surface area (Å²) in [6, 6.07) is 37.3. The van der Waals surface area contributed by atoms with Gasteiger partial charge in [0.05, 0.1) is 28.0 Å². The maximum atomic E-state index is 13.1. The van der Waals surface area contributed by atoms with Crippen LogP contribution < -0.4 is 0 Å². The fourth-order valence-corrected chi connectivity index (χ4v) is 8.64. The zero-order valence-corrected chi connectivity index (χ0v) is 37.5. The van der Waals surface area contributed by atoms with Crippen LogP contribution in [0.3, 0.4) is 0 Å². The minimum absolute atomic E-state index is 0.203. The number of pyridine rings is 1. The summed E-state index contributed by atoms with van der Waals surface area (Å²) in [6.45, 7) is -8.47. The van der Waals surface area contributed by atoms with Gasteiger partial charge in [-0.25, -0.2) is 4.98 Å². The van der Waals surface area contributed by atoms with Crippen molar-refractivity contribution < 1.29 is 29.8 Å². The van der Waals surface area contributed by atoms with Gasteiger partial charge in [-0.1, -0.05) is 174 Å². The first-order chi connectivity index (χ1) is 37.5. The number of aromatic nitrogens is 3. The SMILES string of the molecule is [2H]C([2H])([2H])C(c1cc(-c2nc3c(-c4cc(-c5ncc(C)c(-c6ccccc6)c5C)cc(C(C)(C)C)c4)cccc3n2-c2ccc(-c3ccccc3)cc2C(C)(C)C)c(O)c(C(C([2H])([2H])[2H])(C([2H])([2H])[2H])C([2H])([2H])[2H])c1)(C([2H])([2H])[2H])C([2H])([2H])[2H]. The Balaban J connectivity index is 1.62. The maximum absolute atomic E-state index is 13.1. The number of benzene rings is 6. The summed E-state index contributed by atoms with van der Waals surface area (Å²) in [5.74, 6) is -1.73. The van der Waals surface area contributed by atoms with Crippen molar-refractivity contribution in [3.05, 3.63) is 167 Å². The van der Waals surface area contributed by atoms with Gasteiger partial charge in [0.15, 0.2) is 0 Å². The Morgan fingerprint density at radius 2 is 1.17 bits per heavy atom. The first-order valence-corrected chi connectivity index (χ1v) is 21.3. The predicted octanol–water partition coefficient (Wildman–Crippen LogP) is 16.3. The first kappa shape index (κ1) is 27.2. The van der Waals surface area contributed by atoms with E-state index in [1.165, 1.54) is 0 Å². The molecule has 0 aliphatic heterocycles. The number of aryl methyl sites for hydroxylation is 1. The van der Waals surface area contributed by atoms with Gasteiger partial charge in [0.1, 0.15) is 11.6 Å². The molecule has 0 unspecified atom stereocenters. The molecular formula is C60H65N3O. The van der Waals surface area contributed by atoms with Gasteiger partial charge in [-0.3, -0.25) is 9.55 Å². The summed E-state index contributed by atoms with van der Waals surface area (Å²) >= 11 is 0. The molecule has 0 fully saturated rings. The maximum Gasteiger partial charge on any atom is 0.149 e. The van der Waals surface area contributed by atoms with Crippen LogP contribution in [0.2, 0.25) is 0 Å². The molecule has 2 aromatic heterocycles. The van der Waals surface area contributed by atoms with Crippen LogP contribution in [0.15, 0.2) is 134 Å². The summed E-state index contributed by atoms with van der Waals surface area (Å²) in [4.78, 5) is 10.2. The molecule has 0 atom stereocenters. The highest BCUT2D eigenvalue weighted by Crippen LogP contribution is 2.46. The molecule has 0 bridgehead atoms. The second kappa shape index (κ2) is 16.1. The topological polar surface area (TPSA) is 50.9 Å². The second-order valence-corrected chi connectivity index (χ2v) is 18.9. The molecule has 0 saturated carbocycles. The number of hydrogen-bond donors (Lipinski definition) is 1. The third-order valence-electron chi connectivity index (χ3n) is 12.0.